The van der Waals surface area contributed by atoms with Gasteiger partial charge in [0.2, 0.25) is 0 Å². The van der Waals surface area contributed by atoms with Crippen LogP contribution < -0.4 is 5.32 Å². The molecule has 96 valence electrons. The lowest BCUT2D eigenvalue weighted by Gasteiger charge is -2.19. The molecule has 18 heavy (non-hydrogen) atoms. The van der Waals surface area contributed by atoms with Crippen LogP contribution in [0, 0.1) is 6.92 Å². The number of nitrogens with one attached hydrogen (secondary N) is 1. The lowest BCUT2D eigenvalue weighted by Crippen LogP contribution is -2.23. The van der Waals surface area contributed by atoms with Crippen LogP contribution in [0.25, 0.3) is 0 Å². The summed E-state index contributed by atoms with van der Waals surface area (Å²) in [6.45, 7) is 6.33. The van der Waals surface area contributed by atoms with Crippen LogP contribution in [0.1, 0.15) is 42.9 Å². The summed E-state index contributed by atoms with van der Waals surface area (Å²) in [6, 6.07) is 6.47. The molecule has 0 saturated heterocycles. The summed E-state index contributed by atoms with van der Waals surface area (Å²) in [5.74, 6) is 0. The number of rotatable bonds is 4. The highest BCUT2D eigenvalue weighted by Crippen LogP contribution is 2.19. The van der Waals surface area contributed by atoms with E-state index < -0.39 is 0 Å². The van der Waals surface area contributed by atoms with Gasteiger partial charge in [-0.25, -0.2) is 0 Å². The van der Waals surface area contributed by atoms with Crippen molar-refractivity contribution >= 4 is 0 Å². The molecule has 4 nitrogen and oxygen atoms in total. The number of pyridine rings is 1. The molecule has 0 fully saturated rings. The molecule has 2 rings (SSSR count). The van der Waals surface area contributed by atoms with Gasteiger partial charge in [0.25, 0.3) is 0 Å². The summed E-state index contributed by atoms with van der Waals surface area (Å²) in [5.41, 5.74) is 3.37. The third kappa shape index (κ3) is 2.76. The molecule has 2 atom stereocenters. The van der Waals surface area contributed by atoms with E-state index in [2.05, 4.69) is 35.4 Å². The fraction of sp³-hybridized carbons (Fsp3) is 0.429. The maximum absolute atomic E-state index is 4.37. The molecule has 2 heterocycles. The Morgan fingerprint density at radius 1 is 1.22 bits per heavy atom. The van der Waals surface area contributed by atoms with Crippen LogP contribution in [0.4, 0.5) is 0 Å². The average Bonchev–Trinajstić information content (AvgIpc) is 2.69. The minimum atomic E-state index is 0.223. The van der Waals surface area contributed by atoms with Gasteiger partial charge < -0.3 is 5.32 Å². The first-order valence-electron chi connectivity index (χ1n) is 6.25. The number of hydrogen-bond acceptors (Lipinski definition) is 3. The Labute approximate surface area is 108 Å². The van der Waals surface area contributed by atoms with Gasteiger partial charge in [0.15, 0.2) is 0 Å². The maximum atomic E-state index is 4.37. The van der Waals surface area contributed by atoms with Crippen LogP contribution in [-0.4, -0.2) is 14.8 Å². The SMILES string of the molecule is Cc1nn(C)cc1C(C)N[C@H](C)c1ccccn1. The van der Waals surface area contributed by atoms with Crippen LogP contribution in [-0.2, 0) is 7.05 Å². The topological polar surface area (TPSA) is 42.7 Å². The molecule has 0 aliphatic carbocycles. The van der Waals surface area contributed by atoms with Gasteiger partial charge in [-0.3, -0.25) is 9.67 Å². The molecule has 0 saturated carbocycles. The van der Waals surface area contributed by atoms with E-state index in [9.17, 15) is 0 Å². The third-order valence-corrected chi connectivity index (χ3v) is 3.15. The normalized spacial score (nSPS) is 14.4. The van der Waals surface area contributed by atoms with Crippen molar-refractivity contribution in [2.75, 3.05) is 0 Å². The van der Waals surface area contributed by atoms with Gasteiger partial charge in [-0.1, -0.05) is 6.07 Å². The van der Waals surface area contributed by atoms with Crippen LogP contribution in [0.5, 0.6) is 0 Å². The molecular weight excluding hydrogens is 224 g/mol. The zero-order valence-electron chi connectivity index (χ0n) is 11.4. The molecule has 0 spiro atoms. The van der Waals surface area contributed by atoms with Gasteiger partial charge >= 0.3 is 0 Å². The summed E-state index contributed by atoms with van der Waals surface area (Å²) in [7, 11) is 1.95. The third-order valence-electron chi connectivity index (χ3n) is 3.15. The first kappa shape index (κ1) is 12.8. The molecule has 0 amide bonds. The molecule has 2 aromatic heterocycles. The van der Waals surface area contributed by atoms with E-state index in [0.29, 0.717) is 0 Å². The summed E-state index contributed by atoms with van der Waals surface area (Å²) in [4.78, 5) is 4.37. The van der Waals surface area contributed by atoms with Gasteiger partial charge in [0.05, 0.1) is 11.4 Å². The summed E-state index contributed by atoms with van der Waals surface area (Å²) >= 11 is 0. The number of hydrogen-bond donors (Lipinski definition) is 1. The Kier molecular flexibility index (Phi) is 3.77. The smallest absolute Gasteiger partial charge is 0.0641 e. The van der Waals surface area contributed by atoms with Crippen molar-refractivity contribution in [1.82, 2.24) is 20.1 Å². The lowest BCUT2D eigenvalue weighted by molar-refractivity contribution is 0.485. The molecule has 4 heteroatoms. The molecular formula is C14H20N4. The largest absolute Gasteiger partial charge is 0.302 e. The Hall–Kier alpha value is -1.68. The second kappa shape index (κ2) is 5.31. The van der Waals surface area contributed by atoms with E-state index >= 15 is 0 Å². The molecule has 1 N–H and O–H groups in total. The summed E-state index contributed by atoms with van der Waals surface area (Å²) < 4.78 is 1.86. The Bertz CT molecular complexity index is 504. The van der Waals surface area contributed by atoms with Gasteiger partial charge in [0.1, 0.15) is 0 Å². The first-order valence-corrected chi connectivity index (χ1v) is 6.25. The van der Waals surface area contributed by atoms with E-state index in [4.69, 9.17) is 0 Å². The predicted octanol–water partition coefficient (Wildman–Crippen LogP) is 2.54. The average molecular weight is 244 g/mol. The highest BCUT2D eigenvalue weighted by Gasteiger charge is 2.15. The van der Waals surface area contributed by atoms with Gasteiger partial charge in [-0.15, -0.1) is 0 Å². The van der Waals surface area contributed by atoms with E-state index in [1.165, 1.54) is 5.56 Å². The summed E-state index contributed by atoms with van der Waals surface area (Å²) in [5, 5.41) is 7.92. The van der Waals surface area contributed by atoms with Gasteiger partial charge in [-0.05, 0) is 32.9 Å². The molecule has 0 aliphatic rings. The van der Waals surface area contributed by atoms with Gasteiger partial charge in [0, 0.05) is 37.1 Å². The van der Waals surface area contributed by atoms with Crippen LogP contribution in [0.3, 0.4) is 0 Å². The van der Waals surface area contributed by atoms with Crippen molar-refractivity contribution in [3.05, 3.63) is 47.5 Å². The van der Waals surface area contributed by atoms with Crippen molar-refractivity contribution < 1.29 is 0 Å². The van der Waals surface area contributed by atoms with Gasteiger partial charge in [-0.2, -0.15) is 5.10 Å². The van der Waals surface area contributed by atoms with Crippen molar-refractivity contribution in [2.24, 2.45) is 7.05 Å². The second-order valence-corrected chi connectivity index (χ2v) is 4.71. The number of aromatic nitrogens is 3. The minimum absolute atomic E-state index is 0.223. The monoisotopic (exact) mass is 244 g/mol. The minimum Gasteiger partial charge on any atom is -0.302 e. The van der Waals surface area contributed by atoms with Crippen LogP contribution >= 0.6 is 0 Å². The van der Waals surface area contributed by atoms with E-state index in [-0.39, 0.29) is 12.1 Å². The first-order chi connectivity index (χ1) is 8.58. The zero-order valence-corrected chi connectivity index (χ0v) is 11.4. The van der Waals surface area contributed by atoms with Crippen LogP contribution in [0.2, 0.25) is 0 Å². The van der Waals surface area contributed by atoms with Crippen molar-refractivity contribution in [1.29, 1.82) is 0 Å². The maximum Gasteiger partial charge on any atom is 0.0641 e. The molecule has 2 aromatic rings. The number of aryl methyl sites for hydroxylation is 2. The molecule has 0 aromatic carbocycles. The molecule has 0 aliphatic heterocycles. The highest BCUT2D eigenvalue weighted by atomic mass is 15.3. The molecule has 0 bridgehead atoms. The standard InChI is InChI=1S/C14H20N4/c1-10(13-9-18(4)17-11(13)2)16-12(3)14-7-5-6-8-15-14/h5-10,12,16H,1-4H3/t10?,12-/m1/s1. The quantitative estimate of drug-likeness (QED) is 0.898. The Morgan fingerprint density at radius 3 is 2.56 bits per heavy atom. The Morgan fingerprint density at radius 2 is 2.00 bits per heavy atom. The number of nitrogens with zero attached hydrogens (tertiary/aromatic N) is 3. The second-order valence-electron chi connectivity index (χ2n) is 4.71. The van der Waals surface area contributed by atoms with Crippen molar-refractivity contribution in [3.8, 4) is 0 Å². The predicted molar refractivity (Wildman–Crippen MR) is 72.1 cm³/mol. The van der Waals surface area contributed by atoms with Crippen molar-refractivity contribution in [2.45, 2.75) is 32.9 Å². The lowest BCUT2D eigenvalue weighted by atomic mass is 10.1. The van der Waals surface area contributed by atoms with Crippen molar-refractivity contribution in [3.63, 3.8) is 0 Å². The van der Waals surface area contributed by atoms with E-state index in [1.54, 1.807) is 0 Å². The zero-order chi connectivity index (χ0) is 13.1. The molecule has 0 radical (unpaired) electrons. The highest BCUT2D eigenvalue weighted by molar-refractivity contribution is 5.20. The van der Waals surface area contributed by atoms with E-state index in [0.717, 1.165) is 11.4 Å². The fourth-order valence-corrected chi connectivity index (χ4v) is 2.23. The summed E-state index contributed by atoms with van der Waals surface area (Å²) in [6.07, 6.45) is 3.89. The van der Waals surface area contributed by atoms with Crippen LogP contribution in [0.15, 0.2) is 30.6 Å². The molecule has 1 unspecified atom stereocenters. The fourth-order valence-electron chi connectivity index (χ4n) is 2.23. The van der Waals surface area contributed by atoms with E-state index in [1.807, 2.05) is 43.0 Å². The Balaban J connectivity index is 2.08.